The quantitative estimate of drug-likeness (QED) is 0.618. The summed E-state index contributed by atoms with van der Waals surface area (Å²) < 4.78 is 11.5. The van der Waals surface area contributed by atoms with E-state index in [0.29, 0.717) is 19.1 Å². The van der Waals surface area contributed by atoms with Gasteiger partial charge in [-0.2, -0.15) is 0 Å². The van der Waals surface area contributed by atoms with E-state index in [4.69, 9.17) is 9.47 Å². The molecule has 0 N–H and O–H groups in total. The van der Waals surface area contributed by atoms with Crippen LogP contribution in [-0.4, -0.2) is 44.4 Å². The van der Waals surface area contributed by atoms with E-state index >= 15 is 0 Å². The zero-order valence-electron chi connectivity index (χ0n) is 16.0. The van der Waals surface area contributed by atoms with Gasteiger partial charge in [0.25, 0.3) is 0 Å². The smallest absolute Gasteiger partial charge is 0.119 e. The van der Waals surface area contributed by atoms with Gasteiger partial charge < -0.3 is 14.4 Å². The molecule has 1 heterocycles. The normalized spacial score (nSPS) is 23.2. The minimum absolute atomic E-state index is 0.614. The van der Waals surface area contributed by atoms with E-state index < -0.39 is 0 Å². The van der Waals surface area contributed by atoms with E-state index in [-0.39, 0.29) is 0 Å². The topological polar surface area (TPSA) is 21.7 Å². The predicted molar refractivity (Wildman–Crippen MR) is 101 cm³/mol. The van der Waals surface area contributed by atoms with Gasteiger partial charge in [0.05, 0.1) is 13.2 Å². The van der Waals surface area contributed by atoms with Gasteiger partial charge in [-0.05, 0) is 48.3 Å². The Morgan fingerprint density at radius 3 is 2.33 bits per heavy atom. The van der Waals surface area contributed by atoms with E-state index in [1.54, 1.807) is 0 Å². The van der Waals surface area contributed by atoms with Crippen molar-refractivity contribution in [3.05, 3.63) is 29.8 Å². The van der Waals surface area contributed by atoms with Crippen molar-refractivity contribution in [2.75, 3.05) is 39.5 Å². The maximum Gasteiger partial charge on any atom is 0.119 e. The number of hydrogen-bond donors (Lipinski definition) is 0. The van der Waals surface area contributed by atoms with Gasteiger partial charge in [0.1, 0.15) is 12.4 Å². The Kier molecular flexibility index (Phi) is 8.07. The second-order valence-corrected chi connectivity index (χ2v) is 7.54. The first-order valence-corrected chi connectivity index (χ1v) is 9.61. The molecule has 0 bridgehead atoms. The van der Waals surface area contributed by atoms with E-state index in [0.717, 1.165) is 30.7 Å². The summed E-state index contributed by atoms with van der Waals surface area (Å²) in [4.78, 5) is 2.54. The second kappa shape index (κ2) is 10.0. The third kappa shape index (κ3) is 6.45. The van der Waals surface area contributed by atoms with Crippen molar-refractivity contribution < 1.29 is 9.47 Å². The van der Waals surface area contributed by atoms with Crippen molar-refractivity contribution in [2.45, 2.75) is 46.5 Å². The van der Waals surface area contributed by atoms with Crippen LogP contribution in [0, 0.1) is 11.8 Å². The standard InChI is InChI=1S/C21H35NO2/c1-5-19(4)20-6-8-21(9-7-20)24-13-12-23-11-10-22-15-17(2)14-18(3)16-22/h6-9,17-19H,5,10-16H2,1-4H3/t17-,18+,19-/m1/s1. The molecule has 1 saturated heterocycles. The fraction of sp³-hybridized carbons (Fsp3) is 0.714. The maximum atomic E-state index is 5.76. The molecule has 1 fully saturated rings. The Morgan fingerprint density at radius 2 is 1.71 bits per heavy atom. The molecule has 1 aromatic rings. The third-order valence-corrected chi connectivity index (χ3v) is 5.05. The average Bonchev–Trinajstić information content (AvgIpc) is 2.57. The van der Waals surface area contributed by atoms with Gasteiger partial charge in [-0.15, -0.1) is 0 Å². The predicted octanol–water partition coefficient (Wildman–Crippen LogP) is 4.57. The highest BCUT2D eigenvalue weighted by Gasteiger charge is 2.21. The highest BCUT2D eigenvalue weighted by atomic mass is 16.5. The van der Waals surface area contributed by atoms with Crippen LogP contribution >= 0.6 is 0 Å². The first-order valence-electron chi connectivity index (χ1n) is 9.61. The van der Waals surface area contributed by atoms with Gasteiger partial charge >= 0.3 is 0 Å². The summed E-state index contributed by atoms with van der Waals surface area (Å²) in [7, 11) is 0. The molecule has 3 nitrogen and oxygen atoms in total. The molecule has 0 aromatic heterocycles. The zero-order valence-corrected chi connectivity index (χ0v) is 16.0. The summed E-state index contributed by atoms with van der Waals surface area (Å²) in [6.45, 7) is 14.7. The van der Waals surface area contributed by atoms with Crippen LogP contribution in [0.15, 0.2) is 24.3 Å². The minimum Gasteiger partial charge on any atom is -0.491 e. The third-order valence-electron chi connectivity index (χ3n) is 5.05. The fourth-order valence-corrected chi connectivity index (χ4v) is 3.62. The lowest BCUT2D eigenvalue weighted by Crippen LogP contribution is -2.40. The SMILES string of the molecule is CC[C@@H](C)c1ccc(OCCOCCN2C[C@H](C)C[C@H](C)C2)cc1. The molecule has 2 rings (SSSR count). The Hall–Kier alpha value is -1.06. The first kappa shape index (κ1) is 19.3. The van der Waals surface area contributed by atoms with Gasteiger partial charge in [-0.25, -0.2) is 0 Å². The van der Waals surface area contributed by atoms with E-state index in [1.807, 2.05) is 0 Å². The summed E-state index contributed by atoms with van der Waals surface area (Å²) in [5.74, 6) is 3.18. The lowest BCUT2D eigenvalue weighted by Gasteiger charge is -2.34. The molecule has 3 heteroatoms. The molecule has 24 heavy (non-hydrogen) atoms. The van der Waals surface area contributed by atoms with E-state index in [9.17, 15) is 0 Å². The lowest BCUT2D eigenvalue weighted by molar-refractivity contribution is 0.0595. The molecule has 0 saturated carbocycles. The number of piperidine rings is 1. The molecule has 0 aliphatic carbocycles. The summed E-state index contributed by atoms with van der Waals surface area (Å²) in [5.41, 5.74) is 1.38. The second-order valence-electron chi connectivity index (χ2n) is 7.54. The van der Waals surface area contributed by atoms with E-state index in [1.165, 1.54) is 31.5 Å². The number of benzene rings is 1. The molecule has 136 valence electrons. The molecule has 1 aromatic carbocycles. The van der Waals surface area contributed by atoms with Crippen molar-refractivity contribution in [2.24, 2.45) is 11.8 Å². The largest absolute Gasteiger partial charge is 0.491 e. The molecule has 1 aliphatic rings. The number of hydrogen-bond acceptors (Lipinski definition) is 3. The summed E-state index contributed by atoms with van der Waals surface area (Å²) >= 11 is 0. The van der Waals surface area contributed by atoms with Crippen LogP contribution in [0.2, 0.25) is 0 Å². The Bertz CT molecular complexity index is 449. The van der Waals surface area contributed by atoms with Crippen molar-refractivity contribution in [3.8, 4) is 5.75 Å². The van der Waals surface area contributed by atoms with Crippen LogP contribution in [0.4, 0.5) is 0 Å². The molecule has 0 amide bonds. The molecule has 0 radical (unpaired) electrons. The molecular formula is C21H35NO2. The van der Waals surface area contributed by atoms with Crippen molar-refractivity contribution in [3.63, 3.8) is 0 Å². The van der Waals surface area contributed by atoms with Crippen LogP contribution in [-0.2, 0) is 4.74 Å². The number of rotatable bonds is 9. The van der Waals surface area contributed by atoms with Crippen LogP contribution in [0.5, 0.6) is 5.75 Å². The molecule has 1 aliphatic heterocycles. The van der Waals surface area contributed by atoms with Gasteiger partial charge in [0, 0.05) is 19.6 Å². The highest BCUT2D eigenvalue weighted by Crippen LogP contribution is 2.22. The minimum atomic E-state index is 0.614. The van der Waals surface area contributed by atoms with Crippen LogP contribution in [0.25, 0.3) is 0 Å². The molecule has 3 atom stereocenters. The maximum absolute atomic E-state index is 5.76. The van der Waals surface area contributed by atoms with Gasteiger partial charge in [-0.1, -0.05) is 39.8 Å². The summed E-state index contributed by atoms with van der Waals surface area (Å²) in [6, 6.07) is 8.47. The van der Waals surface area contributed by atoms with Crippen molar-refractivity contribution in [1.29, 1.82) is 0 Å². The lowest BCUT2D eigenvalue weighted by atomic mass is 9.92. The van der Waals surface area contributed by atoms with E-state index in [2.05, 4.69) is 56.9 Å². The molecule has 0 unspecified atom stereocenters. The van der Waals surface area contributed by atoms with Crippen LogP contribution in [0.1, 0.15) is 52.0 Å². The Morgan fingerprint density at radius 1 is 1.04 bits per heavy atom. The molecular weight excluding hydrogens is 298 g/mol. The van der Waals surface area contributed by atoms with Crippen molar-refractivity contribution >= 4 is 0 Å². The van der Waals surface area contributed by atoms with Crippen LogP contribution in [0.3, 0.4) is 0 Å². The number of nitrogens with zero attached hydrogens (tertiary/aromatic N) is 1. The first-order chi connectivity index (χ1) is 11.6. The van der Waals surface area contributed by atoms with Gasteiger partial charge in [0.15, 0.2) is 0 Å². The zero-order chi connectivity index (χ0) is 17.4. The van der Waals surface area contributed by atoms with Crippen molar-refractivity contribution in [1.82, 2.24) is 4.90 Å². The fourth-order valence-electron chi connectivity index (χ4n) is 3.62. The number of likely N-dealkylation sites (tertiary alicyclic amines) is 1. The number of ether oxygens (including phenoxy) is 2. The van der Waals surface area contributed by atoms with Crippen LogP contribution < -0.4 is 4.74 Å². The monoisotopic (exact) mass is 333 g/mol. The van der Waals surface area contributed by atoms with Gasteiger partial charge in [0.2, 0.25) is 0 Å². The molecule has 0 spiro atoms. The Labute approximate surface area is 148 Å². The summed E-state index contributed by atoms with van der Waals surface area (Å²) in [6.07, 6.45) is 2.53. The van der Waals surface area contributed by atoms with Gasteiger partial charge in [-0.3, -0.25) is 0 Å². The summed E-state index contributed by atoms with van der Waals surface area (Å²) in [5, 5.41) is 0. The highest BCUT2D eigenvalue weighted by molar-refractivity contribution is 5.29. The Balaban J connectivity index is 1.56. The average molecular weight is 334 g/mol.